The Morgan fingerprint density at radius 1 is 1.03 bits per heavy atom. The van der Waals surface area contributed by atoms with Crippen molar-refractivity contribution in [1.29, 1.82) is 0 Å². The molecule has 0 aliphatic rings. The Kier molecular flexibility index (Phi) is 6.96. The molecule has 31 heavy (non-hydrogen) atoms. The lowest BCUT2D eigenvalue weighted by atomic mass is 10.1. The number of ether oxygens (including phenoxy) is 1. The van der Waals surface area contributed by atoms with Crippen LogP contribution >= 0.6 is 0 Å². The van der Waals surface area contributed by atoms with Gasteiger partial charge in [0, 0.05) is 50.9 Å². The first kappa shape index (κ1) is 22.4. The highest BCUT2D eigenvalue weighted by atomic mass is 32.2. The summed E-state index contributed by atoms with van der Waals surface area (Å²) in [5.74, 6) is 0.995. The molecular weight excluding hydrogens is 416 g/mol. The van der Waals surface area contributed by atoms with Crippen LogP contribution < -0.4 is 4.74 Å². The maximum absolute atomic E-state index is 11.7. The number of carbonyl (C=O) groups excluding carboxylic acids is 1. The molecule has 0 atom stereocenters. The second kappa shape index (κ2) is 9.65. The fourth-order valence-electron chi connectivity index (χ4n) is 2.83. The number of pyridine rings is 1. The molecule has 1 aromatic carbocycles. The molecule has 2 heterocycles. The summed E-state index contributed by atoms with van der Waals surface area (Å²) in [4.78, 5) is 25.8. The first-order valence-corrected chi connectivity index (χ1v) is 11.6. The standard InChI is InChI=1S/C22H24N4O4S/c1-16(27)26(2)10-4-5-19-13-24-15-22(25-19)30-20-8-6-17(7-9-20)18-11-21(14-23-12-18)31(3,28)29/h6-9,11-15H,4-5,10H2,1-3H3. The summed E-state index contributed by atoms with van der Waals surface area (Å²) in [6, 6.07) is 8.80. The van der Waals surface area contributed by atoms with E-state index in [-0.39, 0.29) is 10.8 Å². The van der Waals surface area contributed by atoms with Crippen LogP contribution in [0.1, 0.15) is 19.0 Å². The van der Waals surface area contributed by atoms with Gasteiger partial charge in [0.15, 0.2) is 9.84 Å². The number of hydrogen-bond acceptors (Lipinski definition) is 7. The van der Waals surface area contributed by atoms with Crippen LogP contribution in [0.5, 0.6) is 11.6 Å². The highest BCUT2D eigenvalue weighted by molar-refractivity contribution is 7.90. The van der Waals surface area contributed by atoms with E-state index in [1.165, 1.54) is 6.20 Å². The molecule has 0 saturated heterocycles. The van der Waals surface area contributed by atoms with Crippen LogP contribution in [-0.4, -0.2) is 54.0 Å². The number of hydrogen-bond donors (Lipinski definition) is 0. The van der Waals surface area contributed by atoms with Crippen LogP contribution in [0.3, 0.4) is 0 Å². The van der Waals surface area contributed by atoms with E-state index >= 15 is 0 Å². The molecule has 0 bridgehead atoms. The fraction of sp³-hybridized carbons (Fsp3) is 0.273. The maximum Gasteiger partial charge on any atom is 0.238 e. The van der Waals surface area contributed by atoms with E-state index in [1.807, 2.05) is 12.1 Å². The van der Waals surface area contributed by atoms with Gasteiger partial charge in [-0.1, -0.05) is 12.1 Å². The number of carbonyl (C=O) groups is 1. The Morgan fingerprint density at radius 2 is 1.74 bits per heavy atom. The lowest BCUT2D eigenvalue weighted by Crippen LogP contribution is -2.25. The number of benzene rings is 1. The van der Waals surface area contributed by atoms with E-state index in [2.05, 4.69) is 15.0 Å². The quantitative estimate of drug-likeness (QED) is 0.530. The second-order valence-corrected chi connectivity index (χ2v) is 9.22. The molecule has 0 saturated carbocycles. The molecule has 3 rings (SSSR count). The smallest absolute Gasteiger partial charge is 0.238 e. The van der Waals surface area contributed by atoms with Crippen molar-refractivity contribution < 1.29 is 17.9 Å². The zero-order chi connectivity index (χ0) is 22.4. The van der Waals surface area contributed by atoms with Crippen molar-refractivity contribution in [3.8, 4) is 22.8 Å². The third kappa shape index (κ3) is 6.32. The van der Waals surface area contributed by atoms with E-state index < -0.39 is 9.84 Å². The van der Waals surface area contributed by atoms with Gasteiger partial charge in [-0.25, -0.2) is 13.4 Å². The number of rotatable bonds is 8. The van der Waals surface area contributed by atoms with E-state index in [0.717, 1.165) is 23.9 Å². The predicted octanol–water partition coefficient (Wildman–Crippen LogP) is 3.15. The number of amides is 1. The molecular formula is C22H24N4O4S. The number of aromatic nitrogens is 3. The van der Waals surface area contributed by atoms with Crippen LogP contribution in [0.4, 0.5) is 0 Å². The first-order chi connectivity index (χ1) is 14.7. The molecule has 0 unspecified atom stereocenters. The monoisotopic (exact) mass is 440 g/mol. The summed E-state index contributed by atoms with van der Waals surface area (Å²) in [6.45, 7) is 2.19. The highest BCUT2D eigenvalue weighted by Crippen LogP contribution is 2.26. The highest BCUT2D eigenvalue weighted by Gasteiger charge is 2.10. The summed E-state index contributed by atoms with van der Waals surface area (Å²) < 4.78 is 29.3. The van der Waals surface area contributed by atoms with Crippen LogP contribution in [0, 0.1) is 0 Å². The number of sulfone groups is 1. The number of nitrogens with zero attached hydrogens (tertiary/aromatic N) is 4. The molecule has 0 fully saturated rings. The van der Waals surface area contributed by atoms with Crippen molar-refractivity contribution in [1.82, 2.24) is 19.9 Å². The molecule has 3 aromatic rings. The van der Waals surface area contributed by atoms with E-state index in [0.29, 0.717) is 30.2 Å². The van der Waals surface area contributed by atoms with Gasteiger partial charge in [0.25, 0.3) is 0 Å². The van der Waals surface area contributed by atoms with Gasteiger partial charge in [-0.2, -0.15) is 0 Å². The van der Waals surface area contributed by atoms with Crippen LogP contribution in [0.2, 0.25) is 0 Å². The van der Waals surface area contributed by atoms with Gasteiger partial charge < -0.3 is 9.64 Å². The molecule has 0 spiro atoms. The van der Waals surface area contributed by atoms with Gasteiger partial charge in [0.2, 0.25) is 11.8 Å². The molecule has 2 aromatic heterocycles. The Balaban J connectivity index is 1.66. The van der Waals surface area contributed by atoms with Gasteiger partial charge in [-0.05, 0) is 36.6 Å². The average molecular weight is 441 g/mol. The third-order valence-electron chi connectivity index (χ3n) is 4.68. The van der Waals surface area contributed by atoms with Crippen LogP contribution in [-0.2, 0) is 21.1 Å². The van der Waals surface area contributed by atoms with Gasteiger partial charge in [0.1, 0.15) is 5.75 Å². The van der Waals surface area contributed by atoms with E-state index in [9.17, 15) is 13.2 Å². The molecule has 1 amide bonds. The minimum absolute atomic E-state index is 0.0328. The lowest BCUT2D eigenvalue weighted by molar-refractivity contribution is -0.127. The van der Waals surface area contributed by atoms with Crippen molar-refractivity contribution in [2.45, 2.75) is 24.7 Å². The summed E-state index contributed by atoms with van der Waals surface area (Å²) in [5.41, 5.74) is 2.31. The minimum Gasteiger partial charge on any atom is -0.437 e. The Labute approximate surface area is 181 Å². The van der Waals surface area contributed by atoms with Gasteiger partial charge >= 0.3 is 0 Å². The summed E-state index contributed by atoms with van der Waals surface area (Å²) in [6.07, 6.45) is 8.79. The maximum atomic E-state index is 11.7. The molecule has 9 heteroatoms. The fourth-order valence-corrected chi connectivity index (χ4v) is 3.42. The molecule has 162 valence electrons. The lowest BCUT2D eigenvalue weighted by Gasteiger charge is -2.14. The van der Waals surface area contributed by atoms with Gasteiger partial charge in [-0.15, -0.1) is 0 Å². The van der Waals surface area contributed by atoms with Crippen molar-refractivity contribution in [3.05, 3.63) is 60.8 Å². The first-order valence-electron chi connectivity index (χ1n) is 9.68. The normalized spacial score (nSPS) is 11.2. The Bertz CT molecular complexity index is 1160. The predicted molar refractivity (Wildman–Crippen MR) is 117 cm³/mol. The molecule has 0 aliphatic carbocycles. The molecule has 8 nitrogen and oxygen atoms in total. The average Bonchev–Trinajstić information content (AvgIpc) is 2.74. The summed E-state index contributed by atoms with van der Waals surface area (Å²) in [5, 5.41) is 0. The van der Waals surface area contributed by atoms with Crippen molar-refractivity contribution >= 4 is 15.7 Å². The summed E-state index contributed by atoms with van der Waals surface area (Å²) >= 11 is 0. The molecule has 0 radical (unpaired) electrons. The second-order valence-electron chi connectivity index (χ2n) is 7.20. The van der Waals surface area contributed by atoms with Crippen molar-refractivity contribution in [2.24, 2.45) is 0 Å². The van der Waals surface area contributed by atoms with Crippen molar-refractivity contribution in [3.63, 3.8) is 0 Å². The van der Waals surface area contributed by atoms with Crippen molar-refractivity contribution in [2.75, 3.05) is 19.8 Å². The Morgan fingerprint density at radius 3 is 2.42 bits per heavy atom. The van der Waals surface area contributed by atoms with Gasteiger partial charge in [0.05, 0.1) is 16.8 Å². The SMILES string of the molecule is CC(=O)N(C)CCCc1cncc(Oc2ccc(-c3cncc(S(C)(=O)=O)c3)cc2)n1. The summed E-state index contributed by atoms with van der Waals surface area (Å²) in [7, 11) is -1.56. The largest absolute Gasteiger partial charge is 0.437 e. The minimum atomic E-state index is -3.32. The van der Waals surface area contributed by atoms with Gasteiger partial charge in [-0.3, -0.25) is 14.8 Å². The zero-order valence-corrected chi connectivity index (χ0v) is 18.5. The van der Waals surface area contributed by atoms with E-state index in [4.69, 9.17) is 4.74 Å². The van der Waals surface area contributed by atoms with E-state index in [1.54, 1.807) is 55.7 Å². The zero-order valence-electron chi connectivity index (χ0n) is 17.6. The molecule has 0 N–H and O–H groups in total. The van der Waals surface area contributed by atoms with Crippen LogP contribution in [0.15, 0.2) is 60.0 Å². The Hall–Kier alpha value is -3.33. The third-order valence-corrected chi connectivity index (χ3v) is 5.76. The van der Waals surface area contributed by atoms with Crippen LogP contribution in [0.25, 0.3) is 11.1 Å². The topological polar surface area (TPSA) is 102 Å². The number of aryl methyl sites for hydroxylation is 1. The molecule has 0 aliphatic heterocycles.